The normalized spacial score (nSPS) is 20.2. The molecule has 5 heteroatoms. The Morgan fingerprint density at radius 1 is 1.53 bits per heavy atom. The molecule has 1 unspecified atom stereocenters. The summed E-state index contributed by atoms with van der Waals surface area (Å²) in [7, 11) is 0. The van der Waals surface area contributed by atoms with Crippen LogP contribution in [0, 0.1) is 5.92 Å². The lowest BCUT2D eigenvalue weighted by molar-refractivity contribution is -0.146. The molecule has 1 atom stereocenters. The van der Waals surface area contributed by atoms with Crippen LogP contribution in [0.15, 0.2) is 0 Å². The minimum atomic E-state index is -0.928. The van der Waals surface area contributed by atoms with Crippen molar-refractivity contribution in [3.8, 4) is 0 Å². The van der Waals surface area contributed by atoms with Crippen molar-refractivity contribution >= 4 is 23.6 Å². The monoisotopic (exact) mass is 231 g/mol. The number of rotatable bonds is 5. The zero-order valence-electron chi connectivity index (χ0n) is 8.94. The fourth-order valence-electron chi connectivity index (χ4n) is 1.69. The highest BCUT2D eigenvalue weighted by Gasteiger charge is 2.28. The fourth-order valence-corrected chi connectivity index (χ4v) is 2.90. The number of carboxylic acids is 1. The van der Waals surface area contributed by atoms with Crippen LogP contribution in [0.1, 0.15) is 19.8 Å². The molecule has 0 aromatic carbocycles. The Kier molecular flexibility index (Phi) is 4.94. The van der Waals surface area contributed by atoms with Crippen LogP contribution in [0.5, 0.6) is 0 Å². The van der Waals surface area contributed by atoms with E-state index < -0.39 is 5.97 Å². The van der Waals surface area contributed by atoms with Crippen molar-refractivity contribution in [2.75, 3.05) is 24.6 Å². The number of hydrogen-bond donors (Lipinski definition) is 1. The molecule has 0 radical (unpaired) electrons. The third kappa shape index (κ3) is 3.74. The predicted octanol–water partition coefficient (Wildman–Crippen LogP) is 1.06. The third-order valence-corrected chi connectivity index (χ3v) is 3.57. The molecular weight excluding hydrogens is 214 g/mol. The second kappa shape index (κ2) is 6.00. The molecule has 1 fully saturated rings. The number of carbonyl (C=O) groups is 2. The van der Waals surface area contributed by atoms with Crippen LogP contribution in [-0.4, -0.2) is 46.5 Å². The topological polar surface area (TPSA) is 57.6 Å². The van der Waals surface area contributed by atoms with Crippen molar-refractivity contribution in [3.63, 3.8) is 0 Å². The summed E-state index contributed by atoms with van der Waals surface area (Å²) in [5.41, 5.74) is 0. The highest BCUT2D eigenvalue weighted by molar-refractivity contribution is 7.99. The van der Waals surface area contributed by atoms with Crippen molar-refractivity contribution in [2.45, 2.75) is 19.8 Å². The molecule has 0 aromatic rings. The van der Waals surface area contributed by atoms with Gasteiger partial charge in [-0.2, -0.15) is 11.8 Å². The number of aliphatic carboxylic acids is 1. The predicted molar refractivity (Wildman–Crippen MR) is 59.9 cm³/mol. The average Bonchev–Trinajstić information content (AvgIpc) is 2.68. The molecule has 86 valence electrons. The zero-order valence-corrected chi connectivity index (χ0v) is 9.76. The smallest absolute Gasteiger partial charge is 0.323 e. The van der Waals surface area contributed by atoms with Crippen molar-refractivity contribution in [3.05, 3.63) is 0 Å². The van der Waals surface area contributed by atoms with Crippen LogP contribution in [0.3, 0.4) is 0 Å². The number of carbonyl (C=O) groups excluding carboxylic acids is 1. The van der Waals surface area contributed by atoms with Gasteiger partial charge in [0.1, 0.15) is 6.54 Å². The Labute approximate surface area is 94.0 Å². The number of amides is 1. The maximum Gasteiger partial charge on any atom is 0.323 e. The van der Waals surface area contributed by atoms with Gasteiger partial charge in [0.25, 0.3) is 0 Å². The Hall–Kier alpha value is -0.710. The van der Waals surface area contributed by atoms with Gasteiger partial charge in [-0.1, -0.05) is 6.92 Å². The highest BCUT2D eigenvalue weighted by atomic mass is 32.2. The van der Waals surface area contributed by atoms with Crippen LogP contribution in [0.2, 0.25) is 0 Å². The van der Waals surface area contributed by atoms with E-state index in [9.17, 15) is 9.59 Å². The molecule has 0 bridgehead atoms. The first-order valence-corrected chi connectivity index (χ1v) is 6.39. The molecule has 0 aromatic heterocycles. The number of thioether (sulfide) groups is 1. The van der Waals surface area contributed by atoms with Crippen LogP contribution in [0.4, 0.5) is 0 Å². The first-order valence-electron chi connectivity index (χ1n) is 5.23. The summed E-state index contributed by atoms with van der Waals surface area (Å²) in [6.45, 7) is 2.34. The van der Waals surface area contributed by atoms with E-state index in [2.05, 4.69) is 0 Å². The van der Waals surface area contributed by atoms with E-state index in [0.717, 1.165) is 24.3 Å². The molecule has 1 saturated heterocycles. The summed E-state index contributed by atoms with van der Waals surface area (Å²) in [6, 6.07) is 0. The second-order valence-electron chi connectivity index (χ2n) is 3.71. The minimum Gasteiger partial charge on any atom is -0.480 e. The average molecular weight is 231 g/mol. The molecular formula is C10H17NO3S. The van der Waals surface area contributed by atoms with Crippen molar-refractivity contribution < 1.29 is 14.7 Å². The van der Waals surface area contributed by atoms with E-state index in [1.807, 2.05) is 6.92 Å². The Morgan fingerprint density at radius 3 is 2.73 bits per heavy atom. The van der Waals surface area contributed by atoms with E-state index in [4.69, 9.17) is 5.11 Å². The van der Waals surface area contributed by atoms with E-state index in [0.29, 0.717) is 6.54 Å². The lowest BCUT2D eigenvalue weighted by Gasteiger charge is -2.22. The second-order valence-corrected chi connectivity index (χ2v) is 4.86. The van der Waals surface area contributed by atoms with Gasteiger partial charge in [-0.25, -0.2) is 0 Å². The summed E-state index contributed by atoms with van der Waals surface area (Å²) in [6.07, 6.45) is 1.70. The van der Waals surface area contributed by atoms with Gasteiger partial charge in [-0.05, 0) is 18.6 Å². The number of carboxylic acid groups (broad SMARTS) is 1. The van der Waals surface area contributed by atoms with Crippen LogP contribution in [0.25, 0.3) is 0 Å². The zero-order chi connectivity index (χ0) is 11.3. The van der Waals surface area contributed by atoms with Gasteiger partial charge in [0.15, 0.2) is 0 Å². The lowest BCUT2D eigenvalue weighted by atomic mass is 10.1. The quantitative estimate of drug-likeness (QED) is 0.768. The van der Waals surface area contributed by atoms with Gasteiger partial charge in [0.05, 0.1) is 0 Å². The van der Waals surface area contributed by atoms with Gasteiger partial charge >= 0.3 is 5.97 Å². The molecule has 1 aliphatic heterocycles. The summed E-state index contributed by atoms with van der Waals surface area (Å²) in [5, 5.41) is 8.70. The Morgan fingerprint density at radius 2 is 2.27 bits per heavy atom. The molecule has 0 spiro atoms. The molecule has 0 saturated carbocycles. The van der Waals surface area contributed by atoms with Crippen molar-refractivity contribution in [2.24, 2.45) is 5.92 Å². The van der Waals surface area contributed by atoms with Crippen molar-refractivity contribution in [1.82, 2.24) is 4.90 Å². The largest absolute Gasteiger partial charge is 0.480 e. The molecule has 4 nitrogen and oxygen atoms in total. The molecule has 1 N–H and O–H groups in total. The first kappa shape index (κ1) is 12.4. The highest BCUT2D eigenvalue weighted by Crippen LogP contribution is 2.25. The van der Waals surface area contributed by atoms with Crippen LogP contribution >= 0.6 is 11.8 Å². The first-order chi connectivity index (χ1) is 7.15. The minimum absolute atomic E-state index is 0.0178. The summed E-state index contributed by atoms with van der Waals surface area (Å²) >= 11 is 1.77. The number of hydrogen-bond acceptors (Lipinski definition) is 3. The molecule has 1 heterocycles. The fraction of sp³-hybridized carbons (Fsp3) is 0.800. The summed E-state index contributed by atoms with van der Waals surface area (Å²) < 4.78 is 0. The standard InChI is InChI=1S/C10H17NO3S/c1-2-4-11(6-9(12)13)10(14)8-3-5-15-7-8/h8H,2-7H2,1H3,(H,12,13). The lowest BCUT2D eigenvalue weighted by Crippen LogP contribution is -2.40. The maximum atomic E-state index is 11.9. The van der Waals surface area contributed by atoms with E-state index in [1.165, 1.54) is 4.90 Å². The molecule has 1 amide bonds. The van der Waals surface area contributed by atoms with Gasteiger partial charge in [0, 0.05) is 18.2 Å². The van der Waals surface area contributed by atoms with E-state index >= 15 is 0 Å². The van der Waals surface area contributed by atoms with E-state index in [1.54, 1.807) is 11.8 Å². The Bertz CT molecular complexity index is 239. The molecule has 1 rings (SSSR count). The third-order valence-electron chi connectivity index (χ3n) is 2.41. The van der Waals surface area contributed by atoms with Crippen LogP contribution < -0.4 is 0 Å². The van der Waals surface area contributed by atoms with Crippen LogP contribution in [-0.2, 0) is 9.59 Å². The SMILES string of the molecule is CCCN(CC(=O)O)C(=O)C1CCSC1. The van der Waals surface area contributed by atoms with Gasteiger partial charge in [-0.15, -0.1) is 0 Å². The molecule has 15 heavy (non-hydrogen) atoms. The molecule has 1 aliphatic rings. The van der Waals surface area contributed by atoms with Gasteiger partial charge < -0.3 is 10.0 Å². The van der Waals surface area contributed by atoms with E-state index in [-0.39, 0.29) is 18.4 Å². The molecule has 0 aliphatic carbocycles. The van der Waals surface area contributed by atoms with Gasteiger partial charge in [0.2, 0.25) is 5.91 Å². The summed E-state index contributed by atoms with van der Waals surface area (Å²) in [5.74, 6) is 0.995. The Balaban J connectivity index is 2.52. The van der Waals surface area contributed by atoms with Gasteiger partial charge in [-0.3, -0.25) is 9.59 Å². The number of nitrogens with zero attached hydrogens (tertiary/aromatic N) is 1. The summed E-state index contributed by atoms with van der Waals surface area (Å²) in [4.78, 5) is 24.0. The van der Waals surface area contributed by atoms with Crippen molar-refractivity contribution in [1.29, 1.82) is 0 Å². The maximum absolute atomic E-state index is 11.9.